The highest BCUT2D eigenvalue weighted by molar-refractivity contribution is 5.92. The second kappa shape index (κ2) is 8.51. The summed E-state index contributed by atoms with van der Waals surface area (Å²) >= 11 is 0. The number of carbonyl (C=O) groups excluding carboxylic acids is 2. The van der Waals surface area contributed by atoms with Crippen molar-refractivity contribution in [1.82, 2.24) is 10.3 Å². The third-order valence-corrected chi connectivity index (χ3v) is 2.39. The Morgan fingerprint density at radius 1 is 1.33 bits per heavy atom. The van der Waals surface area contributed by atoms with E-state index in [2.05, 4.69) is 15.6 Å². The number of anilines is 1. The average molecular weight is 295 g/mol. The van der Waals surface area contributed by atoms with Crippen molar-refractivity contribution in [2.45, 2.75) is 19.8 Å². The monoisotopic (exact) mass is 295 g/mol. The van der Waals surface area contributed by atoms with Crippen LogP contribution < -0.4 is 10.6 Å². The molecule has 0 aliphatic heterocycles. The average Bonchev–Trinajstić information content (AvgIpc) is 2.44. The zero-order valence-electron chi connectivity index (χ0n) is 11.6. The van der Waals surface area contributed by atoms with Crippen LogP contribution in [0.3, 0.4) is 0 Å². The summed E-state index contributed by atoms with van der Waals surface area (Å²) in [7, 11) is 0. The van der Waals surface area contributed by atoms with E-state index in [1.165, 1.54) is 18.5 Å². The molecule has 1 aromatic rings. The lowest BCUT2D eigenvalue weighted by molar-refractivity contribution is -0.143. The molecular weight excluding hydrogens is 278 g/mol. The van der Waals surface area contributed by atoms with Gasteiger partial charge in [0.15, 0.2) is 0 Å². The van der Waals surface area contributed by atoms with Crippen LogP contribution in [0, 0.1) is 0 Å². The van der Waals surface area contributed by atoms with Gasteiger partial charge in [-0.15, -0.1) is 0 Å². The quantitative estimate of drug-likeness (QED) is 0.514. The van der Waals surface area contributed by atoms with E-state index in [0.29, 0.717) is 19.6 Å². The van der Waals surface area contributed by atoms with Gasteiger partial charge in [-0.2, -0.15) is 0 Å². The number of ether oxygens (including phenoxy) is 1. The smallest absolute Gasteiger partial charge is 0.337 e. The van der Waals surface area contributed by atoms with Crippen molar-refractivity contribution in [1.29, 1.82) is 0 Å². The molecule has 0 aromatic carbocycles. The van der Waals surface area contributed by atoms with Gasteiger partial charge in [0.2, 0.25) is 0 Å². The maximum Gasteiger partial charge on any atom is 0.337 e. The Morgan fingerprint density at radius 3 is 2.76 bits per heavy atom. The highest BCUT2D eigenvalue weighted by Gasteiger charge is 2.07. The minimum Gasteiger partial charge on any atom is -0.478 e. The molecule has 114 valence electrons. The SMILES string of the molecule is CCOC(=O)CCCNC(=O)Nc1cncc(C(=O)O)c1. The van der Waals surface area contributed by atoms with E-state index in [9.17, 15) is 14.4 Å². The molecule has 2 amide bonds. The van der Waals surface area contributed by atoms with E-state index >= 15 is 0 Å². The van der Waals surface area contributed by atoms with Crippen LogP contribution in [-0.2, 0) is 9.53 Å². The Hall–Kier alpha value is -2.64. The van der Waals surface area contributed by atoms with Crippen LogP contribution in [0.4, 0.5) is 10.5 Å². The number of carbonyl (C=O) groups is 3. The number of rotatable bonds is 7. The fourth-order valence-electron chi connectivity index (χ4n) is 1.47. The third kappa shape index (κ3) is 6.37. The van der Waals surface area contributed by atoms with E-state index in [1.807, 2.05) is 0 Å². The van der Waals surface area contributed by atoms with Crippen molar-refractivity contribution in [2.75, 3.05) is 18.5 Å². The van der Waals surface area contributed by atoms with Crippen molar-refractivity contribution < 1.29 is 24.2 Å². The number of nitrogens with one attached hydrogen (secondary N) is 2. The molecule has 8 nitrogen and oxygen atoms in total. The van der Waals surface area contributed by atoms with E-state index in [-0.39, 0.29) is 23.6 Å². The number of amides is 2. The number of hydrogen-bond acceptors (Lipinski definition) is 5. The van der Waals surface area contributed by atoms with Gasteiger partial charge in [-0.25, -0.2) is 9.59 Å². The summed E-state index contributed by atoms with van der Waals surface area (Å²) in [4.78, 5) is 37.1. The van der Waals surface area contributed by atoms with Crippen LogP contribution >= 0.6 is 0 Å². The highest BCUT2D eigenvalue weighted by Crippen LogP contribution is 2.08. The van der Waals surface area contributed by atoms with E-state index in [1.54, 1.807) is 6.92 Å². The standard InChI is InChI=1S/C13H17N3O5/c1-2-21-11(17)4-3-5-15-13(20)16-10-6-9(12(18)19)7-14-8-10/h6-8H,2-5H2,1H3,(H,18,19)(H2,15,16,20). The molecule has 0 saturated heterocycles. The van der Waals surface area contributed by atoms with Crippen molar-refractivity contribution in [3.05, 3.63) is 24.0 Å². The molecule has 1 aromatic heterocycles. The summed E-state index contributed by atoms with van der Waals surface area (Å²) in [5.41, 5.74) is 0.257. The van der Waals surface area contributed by atoms with Crippen molar-refractivity contribution in [2.24, 2.45) is 0 Å². The molecule has 0 fully saturated rings. The van der Waals surface area contributed by atoms with Crippen LogP contribution in [0.1, 0.15) is 30.1 Å². The van der Waals surface area contributed by atoms with Gasteiger partial charge in [-0.05, 0) is 19.4 Å². The maximum absolute atomic E-state index is 11.6. The zero-order chi connectivity index (χ0) is 15.7. The third-order valence-electron chi connectivity index (χ3n) is 2.39. The van der Waals surface area contributed by atoms with Crippen molar-refractivity contribution in [3.8, 4) is 0 Å². The molecule has 0 saturated carbocycles. The highest BCUT2D eigenvalue weighted by atomic mass is 16.5. The lowest BCUT2D eigenvalue weighted by Crippen LogP contribution is -2.30. The van der Waals surface area contributed by atoms with Gasteiger partial charge in [0, 0.05) is 19.2 Å². The molecule has 3 N–H and O–H groups in total. The molecule has 0 spiro atoms. The lowest BCUT2D eigenvalue weighted by atomic mass is 10.2. The number of carboxylic acids is 1. The number of hydrogen-bond donors (Lipinski definition) is 3. The van der Waals surface area contributed by atoms with Crippen LogP contribution in [0.5, 0.6) is 0 Å². The van der Waals surface area contributed by atoms with Crippen LogP contribution in [0.2, 0.25) is 0 Å². The number of nitrogens with zero attached hydrogens (tertiary/aromatic N) is 1. The Labute approximate surface area is 121 Å². The number of carboxylic acid groups (broad SMARTS) is 1. The molecule has 8 heteroatoms. The summed E-state index contributed by atoms with van der Waals surface area (Å²) in [5, 5.41) is 13.8. The second-order valence-electron chi connectivity index (χ2n) is 4.06. The van der Waals surface area contributed by atoms with Gasteiger partial charge >= 0.3 is 18.0 Å². The largest absolute Gasteiger partial charge is 0.478 e. The Bertz CT molecular complexity index is 518. The van der Waals surface area contributed by atoms with Gasteiger partial charge in [-0.3, -0.25) is 9.78 Å². The molecule has 0 radical (unpaired) electrons. The number of aromatic carboxylic acids is 1. The topological polar surface area (TPSA) is 118 Å². The maximum atomic E-state index is 11.6. The second-order valence-corrected chi connectivity index (χ2v) is 4.06. The predicted octanol–water partition coefficient (Wildman–Crippen LogP) is 1.24. The van der Waals surface area contributed by atoms with Gasteiger partial charge < -0.3 is 20.5 Å². The predicted molar refractivity (Wildman–Crippen MR) is 74.1 cm³/mol. The molecule has 0 atom stereocenters. The minimum absolute atomic E-state index is 0.0184. The van der Waals surface area contributed by atoms with Gasteiger partial charge in [-0.1, -0.05) is 0 Å². The molecule has 21 heavy (non-hydrogen) atoms. The van der Waals surface area contributed by atoms with Gasteiger partial charge in [0.05, 0.1) is 24.1 Å². The molecule has 1 heterocycles. The number of urea groups is 1. The molecule has 0 aliphatic rings. The normalized spacial score (nSPS) is 9.76. The van der Waals surface area contributed by atoms with E-state index < -0.39 is 12.0 Å². The fourth-order valence-corrected chi connectivity index (χ4v) is 1.47. The summed E-state index contributed by atoms with van der Waals surface area (Å²) < 4.78 is 4.75. The van der Waals surface area contributed by atoms with Crippen LogP contribution in [0.15, 0.2) is 18.5 Å². The Balaban J connectivity index is 2.32. The molecule has 0 bridgehead atoms. The zero-order valence-corrected chi connectivity index (χ0v) is 11.6. The molecule has 1 rings (SSSR count). The molecule has 0 aliphatic carbocycles. The summed E-state index contributed by atoms with van der Waals surface area (Å²) in [6, 6.07) is 0.802. The number of esters is 1. The number of pyridine rings is 1. The first kappa shape index (κ1) is 16.4. The molecular formula is C13H17N3O5. The summed E-state index contributed by atoms with van der Waals surface area (Å²) in [6.45, 7) is 2.36. The van der Waals surface area contributed by atoms with Crippen molar-refractivity contribution in [3.63, 3.8) is 0 Å². The van der Waals surface area contributed by atoms with E-state index in [4.69, 9.17) is 9.84 Å². The summed E-state index contributed by atoms with van der Waals surface area (Å²) in [6.07, 6.45) is 3.21. The van der Waals surface area contributed by atoms with Crippen LogP contribution in [-0.4, -0.2) is 41.2 Å². The van der Waals surface area contributed by atoms with Gasteiger partial charge in [0.25, 0.3) is 0 Å². The van der Waals surface area contributed by atoms with Gasteiger partial charge in [0.1, 0.15) is 0 Å². The minimum atomic E-state index is -1.12. The first-order chi connectivity index (χ1) is 10.0. The van der Waals surface area contributed by atoms with E-state index in [0.717, 1.165) is 0 Å². The fraction of sp³-hybridized carbons (Fsp3) is 0.385. The molecule has 0 unspecified atom stereocenters. The Kier molecular flexibility index (Phi) is 6.66. The first-order valence-corrected chi connectivity index (χ1v) is 6.41. The first-order valence-electron chi connectivity index (χ1n) is 6.41. The summed E-state index contributed by atoms with van der Waals surface area (Å²) in [5.74, 6) is -1.43. The van der Waals surface area contributed by atoms with Crippen molar-refractivity contribution >= 4 is 23.7 Å². The Morgan fingerprint density at radius 2 is 2.10 bits per heavy atom. The lowest BCUT2D eigenvalue weighted by Gasteiger charge is -2.07. The number of aromatic nitrogens is 1. The van der Waals surface area contributed by atoms with Crippen LogP contribution in [0.25, 0.3) is 0 Å².